The fraction of sp³-hybridized carbons (Fsp3) is 0.235. The molecule has 0 aromatic heterocycles. The van der Waals surface area contributed by atoms with Crippen molar-refractivity contribution in [1.29, 1.82) is 0 Å². The van der Waals surface area contributed by atoms with Gasteiger partial charge in [-0.25, -0.2) is 0 Å². The number of amides is 1. The van der Waals surface area contributed by atoms with Crippen LogP contribution in [0.25, 0.3) is 11.1 Å². The van der Waals surface area contributed by atoms with Gasteiger partial charge in [0.05, 0.1) is 41.6 Å². The van der Waals surface area contributed by atoms with Gasteiger partial charge in [0.25, 0.3) is 11.6 Å². The Bertz CT molecular complexity index is 1760. The third-order valence-electron chi connectivity index (χ3n) is 7.39. The number of anilines is 2. The smallest absolute Gasteiger partial charge is 0.273 e. The molecule has 0 atom stereocenters. The largest absolute Gasteiger partial charge is 0.497 e. The standard InChI is InChI=1S/C27H29N3O6.C7H5ClO/c1-16-7-8-17(30(32)33)13-23(16)36-15-21-19(20-10-9-18(34-5)14-24(20)35-6)11-12-22-25(21)29(4)26(31)27(2,3)28-22;8-7-4-2-1-3-6(7)5-9/h7-14,28H,15H2,1-6H3;1-5H. The van der Waals surface area contributed by atoms with Crippen LogP contribution in [0.4, 0.5) is 17.1 Å². The van der Waals surface area contributed by atoms with Gasteiger partial charge in [-0.3, -0.25) is 19.7 Å². The molecule has 1 heterocycles. The molecule has 1 amide bonds. The van der Waals surface area contributed by atoms with Crippen LogP contribution in [0.1, 0.15) is 35.3 Å². The minimum atomic E-state index is -0.782. The molecule has 1 aliphatic rings. The summed E-state index contributed by atoms with van der Waals surface area (Å²) in [5.41, 5.74) is 4.26. The maximum atomic E-state index is 13.2. The SMILES string of the molecule is COc1ccc(-c2ccc3c(c2COc2cc([N+](=O)[O-])ccc2C)N(C)C(=O)C(C)(C)N3)c(OC)c1.O=Cc1ccccc1Cl. The fourth-order valence-corrected chi connectivity index (χ4v) is 5.21. The number of carbonyl (C=O) groups excluding carboxylic acids is 2. The summed E-state index contributed by atoms with van der Waals surface area (Å²) in [5.74, 6) is 1.55. The number of benzene rings is 4. The van der Waals surface area contributed by atoms with Crippen molar-refractivity contribution in [3.8, 4) is 28.4 Å². The number of ether oxygens (including phenoxy) is 3. The zero-order valence-corrected chi connectivity index (χ0v) is 26.6. The van der Waals surface area contributed by atoms with Crippen LogP contribution < -0.4 is 24.4 Å². The molecule has 4 aromatic carbocycles. The number of non-ortho nitro benzene ring substituents is 1. The van der Waals surface area contributed by atoms with Crippen LogP contribution >= 0.6 is 11.6 Å². The highest BCUT2D eigenvalue weighted by atomic mass is 35.5. The van der Waals surface area contributed by atoms with Crippen molar-refractivity contribution < 1.29 is 28.7 Å². The highest BCUT2D eigenvalue weighted by Crippen LogP contribution is 2.45. The van der Waals surface area contributed by atoms with Crippen LogP contribution in [0.5, 0.6) is 17.2 Å². The number of aldehydes is 1. The predicted octanol–water partition coefficient (Wildman–Crippen LogP) is 7.49. The van der Waals surface area contributed by atoms with E-state index >= 15 is 0 Å². The van der Waals surface area contributed by atoms with Gasteiger partial charge >= 0.3 is 0 Å². The van der Waals surface area contributed by atoms with Gasteiger partial charge in [0.2, 0.25) is 0 Å². The van der Waals surface area contributed by atoms with Crippen molar-refractivity contribution >= 4 is 40.9 Å². The fourth-order valence-electron chi connectivity index (χ4n) is 5.03. The maximum absolute atomic E-state index is 13.2. The lowest BCUT2D eigenvalue weighted by Gasteiger charge is -2.39. The van der Waals surface area contributed by atoms with E-state index in [4.69, 9.17) is 25.8 Å². The summed E-state index contributed by atoms with van der Waals surface area (Å²) in [6, 6.07) is 20.8. The number of methoxy groups -OCH3 is 2. The molecule has 0 spiro atoms. The van der Waals surface area contributed by atoms with Gasteiger partial charge in [-0.15, -0.1) is 0 Å². The number of hydrogen-bond donors (Lipinski definition) is 1. The van der Waals surface area contributed by atoms with E-state index in [2.05, 4.69) is 5.32 Å². The first-order chi connectivity index (χ1) is 21.4. The number of nitrogens with zero attached hydrogens (tertiary/aromatic N) is 2. The first kappa shape index (κ1) is 32.8. The number of aryl methyl sites for hydroxylation is 1. The molecular weight excluding hydrogens is 598 g/mol. The van der Waals surface area contributed by atoms with Crippen LogP contribution in [0, 0.1) is 17.0 Å². The molecule has 0 radical (unpaired) electrons. The third kappa shape index (κ3) is 7.02. The van der Waals surface area contributed by atoms with E-state index in [1.807, 2.05) is 45.0 Å². The summed E-state index contributed by atoms with van der Waals surface area (Å²) >= 11 is 5.59. The first-order valence-electron chi connectivity index (χ1n) is 13.9. The monoisotopic (exact) mass is 631 g/mol. The minimum absolute atomic E-state index is 0.0570. The van der Waals surface area contributed by atoms with Gasteiger partial charge in [-0.2, -0.15) is 0 Å². The van der Waals surface area contributed by atoms with E-state index in [1.165, 1.54) is 12.1 Å². The number of nitro benzene ring substituents is 1. The molecule has 0 aliphatic carbocycles. The minimum Gasteiger partial charge on any atom is -0.497 e. The van der Waals surface area contributed by atoms with Crippen LogP contribution in [-0.2, 0) is 11.4 Å². The number of halogens is 1. The van der Waals surface area contributed by atoms with Gasteiger partial charge < -0.3 is 24.4 Å². The van der Waals surface area contributed by atoms with Crippen LogP contribution in [0.3, 0.4) is 0 Å². The molecule has 234 valence electrons. The van der Waals surface area contributed by atoms with E-state index in [-0.39, 0.29) is 18.2 Å². The second kappa shape index (κ2) is 13.7. The van der Waals surface area contributed by atoms with Crippen molar-refractivity contribution in [2.45, 2.75) is 32.9 Å². The highest BCUT2D eigenvalue weighted by Gasteiger charge is 2.38. The molecule has 10 nitrogen and oxygen atoms in total. The molecule has 0 fully saturated rings. The van der Waals surface area contributed by atoms with E-state index in [9.17, 15) is 19.7 Å². The number of likely N-dealkylation sites (N-methyl/N-ethyl adjacent to an activating group) is 1. The lowest BCUT2D eigenvalue weighted by atomic mass is 9.91. The van der Waals surface area contributed by atoms with Crippen LogP contribution in [0.15, 0.2) is 72.8 Å². The summed E-state index contributed by atoms with van der Waals surface area (Å²) in [4.78, 5) is 35.8. The second-order valence-electron chi connectivity index (χ2n) is 10.8. The zero-order chi connectivity index (χ0) is 32.9. The quantitative estimate of drug-likeness (QED) is 0.121. The van der Waals surface area contributed by atoms with E-state index in [1.54, 1.807) is 62.6 Å². The van der Waals surface area contributed by atoms with Gasteiger partial charge in [-0.1, -0.05) is 35.9 Å². The number of nitro groups is 1. The Morgan fingerprint density at radius 1 is 0.978 bits per heavy atom. The molecule has 1 aliphatic heterocycles. The molecule has 0 saturated heterocycles. The highest BCUT2D eigenvalue weighted by molar-refractivity contribution is 6.32. The van der Waals surface area contributed by atoms with Crippen molar-refractivity contribution in [2.75, 3.05) is 31.5 Å². The van der Waals surface area contributed by atoms with E-state index < -0.39 is 10.5 Å². The Balaban J connectivity index is 0.000000440. The van der Waals surface area contributed by atoms with Crippen LogP contribution in [-0.4, -0.2) is 43.9 Å². The third-order valence-corrected chi connectivity index (χ3v) is 7.73. The molecule has 5 rings (SSSR count). The molecule has 4 aromatic rings. The molecule has 11 heteroatoms. The molecule has 1 N–H and O–H groups in total. The Kier molecular flexibility index (Phi) is 9.98. The molecule has 0 unspecified atom stereocenters. The number of fused-ring (bicyclic) bond motifs is 1. The average Bonchev–Trinajstić information content (AvgIpc) is 3.03. The maximum Gasteiger partial charge on any atom is 0.273 e. The van der Waals surface area contributed by atoms with Gasteiger partial charge in [0.1, 0.15) is 29.4 Å². The Hall–Kier alpha value is -5.09. The van der Waals surface area contributed by atoms with Gasteiger partial charge in [-0.05, 0) is 62.2 Å². The first-order valence-corrected chi connectivity index (χ1v) is 14.3. The van der Waals surface area contributed by atoms with Crippen molar-refractivity contribution in [3.63, 3.8) is 0 Å². The summed E-state index contributed by atoms with van der Waals surface area (Å²) in [6.45, 7) is 5.55. The summed E-state index contributed by atoms with van der Waals surface area (Å²) in [7, 11) is 4.90. The van der Waals surface area contributed by atoms with Crippen molar-refractivity contribution in [2.24, 2.45) is 0 Å². The van der Waals surface area contributed by atoms with E-state index in [0.717, 1.165) is 34.2 Å². The Labute approximate surface area is 266 Å². The molecular formula is C34H34ClN3O7. The lowest BCUT2D eigenvalue weighted by molar-refractivity contribution is -0.385. The van der Waals surface area contributed by atoms with Crippen LogP contribution in [0.2, 0.25) is 5.02 Å². The Morgan fingerprint density at radius 2 is 1.69 bits per heavy atom. The Morgan fingerprint density at radius 3 is 2.31 bits per heavy atom. The predicted molar refractivity (Wildman–Crippen MR) is 175 cm³/mol. The topological polar surface area (TPSA) is 120 Å². The van der Waals surface area contributed by atoms with Gasteiger partial charge in [0, 0.05) is 35.9 Å². The van der Waals surface area contributed by atoms with Crippen molar-refractivity contribution in [3.05, 3.63) is 105 Å². The second-order valence-corrected chi connectivity index (χ2v) is 11.2. The molecule has 45 heavy (non-hydrogen) atoms. The number of hydrogen-bond acceptors (Lipinski definition) is 8. The summed E-state index contributed by atoms with van der Waals surface area (Å²) < 4.78 is 17.2. The number of carbonyl (C=O) groups is 2. The van der Waals surface area contributed by atoms with Gasteiger partial charge in [0.15, 0.2) is 6.29 Å². The lowest BCUT2D eigenvalue weighted by Crippen LogP contribution is -2.52. The number of nitrogens with one attached hydrogen (secondary N) is 1. The number of rotatable bonds is 8. The van der Waals surface area contributed by atoms with Crippen molar-refractivity contribution in [1.82, 2.24) is 0 Å². The zero-order valence-electron chi connectivity index (χ0n) is 25.8. The molecule has 0 saturated carbocycles. The average molecular weight is 632 g/mol. The summed E-state index contributed by atoms with van der Waals surface area (Å²) in [5, 5.41) is 15.1. The van der Waals surface area contributed by atoms with E-state index in [0.29, 0.717) is 33.5 Å². The summed E-state index contributed by atoms with van der Waals surface area (Å²) in [6.07, 6.45) is 0.738. The molecule has 0 bridgehead atoms. The normalized spacial score (nSPS) is 13.0.